The standard InChI is InChI=1S/C21H22ClN2O3/c22-16-6-8-17(9-7-16)24-20-4-2-1-3-11-23(20)13-21(24,25)15-5-10-18-19(12-15)27-14-26-18/h5-10,12,25H,1-4,11,13-14H2/q+1. The first-order valence-corrected chi connectivity index (χ1v) is 9.82. The summed E-state index contributed by atoms with van der Waals surface area (Å²) in [5, 5.41) is 12.6. The van der Waals surface area contributed by atoms with Crippen LogP contribution < -0.4 is 14.4 Å². The van der Waals surface area contributed by atoms with Crippen molar-refractivity contribution in [2.45, 2.75) is 31.4 Å². The molecule has 0 amide bonds. The summed E-state index contributed by atoms with van der Waals surface area (Å²) in [5.41, 5.74) is 0.586. The topological polar surface area (TPSA) is 44.9 Å². The third-order valence-corrected chi connectivity index (χ3v) is 5.90. The fraction of sp³-hybridized carbons (Fsp3) is 0.381. The van der Waals surface area contributed by atoms with E-state index in [0.29, 0.717) is 17.3 Å². The SMILES string of the molecule is OC1(c2ccc3c(c2)OCO3)C[N+]2=C(CCCCC2)N1c1ccc(Cl)cc1. The number of amidine groups is 1. The molecule has 5 nitrogen and oxygen atoms in total. The Morgan fingerprint density at radius 1 is 1.00 bits per heavy atom. The molecule has 3 aliphatic heterocycles. The van der Waals surface area contributed by atoms with Gasteiger partial charge < -0.3 is 14.6 Å². The zero-order chi connectivity index (χ0) is 18.4. The highest BCUT2D eigenvalue weighted by atomic mass is 35.5. The number of hydrogen-bond donors (Lipinski definition) is 1. The highest BCUT2D eigenvalue weighted by molar-refractivity contribution is 6.30. The Kier molecular flexibility index (Phi) is 4.02. The molecule has 0 aliphatic carbocycles. The zero-order valence-corrected chi connectivity index (χ0v) is 15.8. The van der Waals surface area contributed by atoms with E-state index < -0.39 is 5.72 Å². The van der Waals surface area contributed by atoms with Gasteiger partial charge in [0, 0.05) is 17.0 Å². The van der Waals surface area contributed by atoms with Crippen molar-refractivity contribution in [3.05, 3.63) is 53.1 Å². The molecule has 140 valence electrons. The first-order chi connectivity index (χ1) is 13.1. The number of aliphatic hydroxyl groups is 1. The Hall–Kier alpha value is -2.24. The van der Waals surface area contributed by atoms with Gasteiger partial charge in [-0.3, -0.25) is 4.58 Å². The van der Waals surface area contributed by atoms with Crippen LogP contribution in [0, 0.1) is 0 Å². The smallest absolute Gasteiger partial charge is 0.275 e. The van der Waals surface area contributed by atoms with Gasteiger partial charge in [0.1, 0.15) is 5.69 Å². The number of rotatable bonds is 2. The van der Waals surface area contributed by atoms with Crippen molar-refractivity contribution in [3.63, 3.8) is 0 Å². The maximum atomic E-state index is 11.9. The maximum absolute atomic E-state index is 11.9. The van der Waals surface area contributed by atoms with Gasteiger partial charge in [-0.05, 0) is 61.7 Å². The molecule has 6 heteroatoms. The van der Waals surface area contributed by atoms with Gasteiger partial charge in [0.15, 0.2) is 18.0 Å². The molecule has 0 spiro atoms. The fourth-order valence-electron chi connectivity index (χ4n) is 4.34. The third kappa shape index (κ3) is 2.77. The van der Waals surface area contributed by atoms with E-state index in [9.17, 15) is 5.11 Å². The molecule has 1 N–H and O–H groups in total. The van der Waals surface area contributed by atoms with Gasteiger partial charge in [-0.25, -0.2) is 0 Å². The summed E-state index contributed by atoms with van der Waals surface area (Å²) in [6, 6.07) is 13.4. The first kappa shape index (κ1) is 16.9. The molecule has 2 aromatic carbocycles. The van der Waals surface area contributed by atoms with E-state index in [-0.39, 0.29) is 6.79 Å². The molecule has 0 bridgehead atoms. The van der Waals surface area contributed by atoms with E-state index in [4.69, 9.17) is 21.1 Å². The number of nitrogens with zero attached hydrogens (tertiary/aromatic N) is 2. The average Bonchev–Trinajstić information content (AvgIpc) is 3.18. The number of halogens is 1. The summed E-state index contributed by atoms with van der Waals surface area (Å²) in [4.78, 5) is 2.08. The lowest BCUT2D eigenvalue weighted by molar-refractivity contribution is -0.534. The van der Waals surface area contributed by atoms with E-state index in [1.165, 1.54) is 12.3 Å². The van der Waals surface area contributed by atoms with Gasteiger partial charge >= 0.3 is 0 Å². The van der Waals surface area contributed by atoms with E-state index in [1.54, 1.807) is 0 Å². The minimum atomic E-state index is -1.17. The molecule has 0 saturated carbocycles. The van der Waals surface area contributed by atoms with E-state index in [0.717, 1.165) is 42.8 Å². The molecule has 3 aliphatic rings. The molecule has 0 fully saturated rings. The molecule has 5 rings (SSSR count). The van der Waals surface area contributed by atoms with Crippen molar-refractivity contribution in [1.29, 1.82) is 0 Å². The minimum absolute atomic E-state index is 0.224. The molecule has 0 saturated heterocycles. The lowest BCUT2D eigenvalue weighted by Gasteiger charge is -2.29. The largest absolute Gasteiger partial charge is 0.454 e. The first-order valence-electron chi connectivity index (χ1n) is 9.44. The fourth-order valence-corrected chi connectivity index (χ4v) is 4.47. The van der Waals surface area contributed by atoms with Gasteiger partial charge in [-0.2, -0.15) is 4.90 Å². The lowest BCUT2D eigenvalue weighted by Crippen LogP contribution is -2.47. The maximum Gasteiger partial charge on any atom is 0.275 e. The van der Waals surface area contributed by atoms with Crippen molar-refractivity contribution in [3.8, 4) is 11.5 Å². The van der Waals surface area contributed by atoms with Crippen molar-refractivity contribution in [1.82, 2.24) is 0 Å². The molecular weight excluding hydrogens is 364 g/mol. The Bertz CT molecular complexity index is 912. The van der Waals surface area contributed by atoms with Gasteiger partial charge in [0.25, 0.3) is 11.6 Å². The quantitative estimate of drug-likeness (QED) is 0.800. The molecule has 1 unspecified atom stereocenters. The number of hydrogen-bond acceptors (Lipinski definition) is 4. The van der Waals surface area contributed by atoms with Crippen LogP contribution in [0.25, 0.3) is 0 Å². The Morgan fingerprint density at radius 2 is 1.81 bits per heavy atom. The van der Waals surface area contributed by atoms with Crippen LogP contribution in [0.3, 0.4) is 0 Å². The van der Waals surface area contributed by atoms with E-state index in [2.05, 4.69) is 9.48 Å². The van der Waals surface area contributed by atoms with Crippen LogP contribution in [0.1, 0.15) is 31.2 Å². The number of fused-ring (bicyclic) bond motifs is 1. The second-order valence-corrected chi connectivity index (χ2v) is 7.78. The predicted molar refractivity (Wildman–Crippen MR) is 104 cm³/mol. The van der Waals surface area contributed by atoms with Crippen molar-refractivity contribution in [2.24, 2.45) is 0 Å². The number of benzene rings is 2. The summed E-state index contributed by atoms with van der Waals surface area (Å²) in [5.74, 6) is 2.58. The van der Waals surface area contributed by atoms with Crippen LogP contribution >= 0.6 is 11.6 Å². The number of ether oxygens (including phenoxy) is 2. The van der Waals surface area contributed by atoms with Crippen molar-refractivity contribution < 1.29 is 19.2 Å². The zero-order valence-electron chi connectivity index (χ0n) is 15.0. The van der Waals surface area contributed by atoms with E-state index >= 15 is 0 Å². The summed E-state index contributed by atoms with van der Waals surface area (Å²) in [6.07, 6.45) is 4.45. The van der Waals surface area contributed by atoms with Crippen molar-refractivity contribution >= 4 is 23.1 Å². The van der Waals surface area contributed by atoms with Crippen LogP contribution in [0.5, 0.6) is 11.5 Å². The molecule has 3 heterocycles. The molecule has 0 radical (unpaired) electrons. The monoisotopic (exact) mass is 385 g/mol. The highest BCUT2D eigenvalue weighted by Gasteiger charge is 2.54. The van der Waals surface area contributed by atoms with Gasteiger partial charge in [0.2, 0.25) is 6.79 Å². The molecule has 2 aromatic rings. The Labute approximate surface area is 163 Å². The van der Waals surface area contributed by atoms with Crippen LogP contribution in [-0.2, 0) is 5.72 Å². The molecule has 27 heavy (non-hydrogen) atoms. The lowest BCUT2D eigenvalue weighted by atomic mass is 9.99. The van der Waals surface area contributed by atoms with E-state index in [1.807, 2.05) is 42.5 Å². The molecule has 0 aromatic heterocycles. The van der Waals surface area contributed by atoms with Gasteiger partial charge in [-0.15, -0.1) is 0 Å². The van der Waals surface area contributed by atoms with Crippen LogP contribution in [-0.4, -0.2) is 35.4 Å². The van der Waals surface area contributed by atoms with Crippen LogP contribution in [0.4, 0.5) is 5.69 Å². The summed E-state index contributed by atoms with van der Waals surface area (Å²) in [7, 11) is 0. The molecule has 1 atom stereocenters. The second-order valence-electron chi connectivity index (χ2n) is 7.34. The summed E-state index contributed by atoms with van der Waals surface area (Å²) in [6.45, 7) is 1.72. The van der Waals surface area contributed by atoms with Crippen LogP contribution in [0.15, 0.2) is 42.5 Å². The van der Waals surface area contributed by atoms with Gasteiger partial charge in [-0.1, -0.05) is 11.6 Å². The second kappa shape index (κ2) is 6.43. The van der Waals surface area contributed by atoms with Crippen LogP contribution in [0.2, 0.25) is 5.02 Å². The normalized spacial score (nSPS) is 24.1. The summed E-state index contributed by atoms with van der Waals surface area (Å²) < 4.78 is 13.3. The highest BCUT2D eigenvalue weighted by Crippen LogP contribution is 2.42. The summed E-state index contributed by atoms with van der Waals surface area (Å²) >= 11 is 6.11. The molecular formula is C21H22ClN2O3+. The Morgan fingerprint density at radius 3 is 2.67 bits per heavy atom. The third-order valence-electron chi connectivity index (χ3n) is 5.65. The Balaban J connectivity index is 1.62. The van der Waals surface area contributed by atoms with Gasteiger partial charge in [0.05, 0.1) is 6.54 Å². The minimum Gasteiger partial charge on any atom is -0.454 e. The number of anilines is 1. The van der Waals surface area contributed by atoms with Crippen molar-refractivity contribution in [2.75, 3.05) is 24.8 Å². The predicted octanol–water partition coefficient (Wildman–Crippen LogP) is 3.72. The average molecular weight is 386 g/mol.